The molecule has 226 valence electrons. The van der Waals surface area contributed by atoms with Gasteiger partial charge in [-0.3, -0.25) is 0 Å². The van der Waals surface area contributed by atoms with Crippen LogP contribution in [0, 0.1) is 11.8 Å². The van der Waals surface area contributed by atoms with Crippen molar-refractivity contribution in [2.45, 2.75) is 46.2 Å². The van der Waals surface area contributed by atoms with E-state index in [1.54, 1.807) is 36.4 Å². The Balaban J connectivity index is 2.14. The number of esters is 2. The molecule has 0 aromatic heterocycles. The van der Waals surface area contributed by atoms with Crippen molar-refractivity contribution < 1.29 is 33.3 Å². The number of hydrogen-bond acceptors (Lipinski definition) is 10. The SMILES string of the molecule is C=C/C(=C1/c2cc(OC)c(OC(=O)C(N)C(C)C)cc2CCN1CC=O)c1ccc(OC(=O)C(N)C(C)C)c(OC)c1. The topological polar surface area (TPSA) is 143 Å². The summed E-state index contributed by atoms with van der Waals surface area (Å²) in [5.41, 5.74) is 15.8. The Hall–Kier alpha value is -4.15. The van der Waals surface area contributed by atoms with Gasteiger partial charge in [-0.1, -0.05) is 46.4 Å². The highest BCUT2D eigenvalue weighted by Crippen LogP contribution is 2.42. The second kappa shape index (κ2) is 14.2. The zero-order valence-corrected chi connectivity index (χ0v) is 25.1. The van der Waals surface area contributed by atoms with Gasteiger partial charge in [-0.05, 0) is 53.6 Å². The van der Waals surface area contributed by atoms with E-state index in [1.165, 1.54) is 14.2 Å². The van der Waals surface area contributed by atoms with Crippen LogP contribution < -0.4 is 30.4 Å². The Bertz CT molecular complexity index is 1370. The van der Waals surface area contributed by atoms with Crippen molar-refractivity contribution in [1.82, 2.24) is 4.90 Å². The summed E-state index contributed by atoms with van der Waals surface area (Å²) in [5, 5.41) is 0. The predicted octanol–water partition coefficient (Wildman–Crippen LogP) is 3.59. The lowest BCUT2D eigenvalue weighted by Crippen LogP contribution is -2.38. The van der Waals surface area contributed by atoms with E-state index in [2.05, 4.69) is 6.58 Å². The number of allylic oxidation sites excluding steroid dienone is 2. The molecule has 2 atom stereocenters. The number of nitrogens with zero attached hydrogens (tertiary/aromatic N) is 1. The van der Waals surface area contributed by atoms with E-state index in [4.69, 9.17) is 30.4 Å². The Morgan fingerprint density at radius 3 is 2.00 bits per heavy atom. The maximum Gasteiger partial charge on any atom is 0.328 e. The number of aldehydes is 1. The molecule has 0 saturated carbocycles. The molecule has 1 heterocycles. The fourth-order valence-electron chi connectivity index (χ4n) is 4.56. The third-order valence-corrected chi connectivity index (χ3v) is 7.24. The second-order valence-electron chi connectivity index (χ2n) is 10.7. The maximum atomic E-state index is 12.6. The van der Waals surface area contributed by atoms with Crippen LogP contribution in [0.25, 0.3) is 11.3 Å². The number of ether oxygens (including phenoxy) is 4. The molecule has 0 fully saturated rings. The molecule has 1 aliphatic rings. The highest BCUT2D eigenvalue weighted by Gasteiger charge is 2.29. The van der Waals surface area contributed by atoms with Gasteiger partial charge in [0, 0.05) is 17.7 Å². The zero-order valence-electron chi connectivity index (χ0n) is 25.1. The van der Waals surface area contributed by atoms with Gasteiger partial charge >= 0.3 is 11.9 Å². The van der Waals surface area contributed by atoms with E-state index >= 15 is 0 Å². The third kappa shape index (κ3) is 7.00. The van der Waals surface area contributed by atoms with Crippen LogP contribution in [0.3, 0.4) is 0 Å². The first-order chi connectivity index (χ1) is 20.0. The number of fused-ring (bicyclic) bond motifs is 1. The summed E-state index contributed by atoms with van der Waals surface area (Å²) < 4.78 is 22.4. The van der Waals surface area contributed by atoms with Gasteiger partial charge in [0.25, 0.3) is 0 Å². The van der Waals surface area contributed by atoms with E-state index in [1.807, 2.05) is 32.6 Å². The average Bonchev–Trinajstić information content (AvgIpc) is 2.97. The smallest absolute Gasteiger partial charge is 0.328 e. The molecule has 3 rings (SSSR count). The van der Waals surface area contributed by atoms with Crippen LogP contribution in [0.2, 0.25) is 0 Å². The van der Waals surface area contributed by atoms with E-state index < -0.39 is 24.0 Å². The summed E-state index contributed by atoms with van der Waals surface area (Å²) in [5.74, 6) is -0.125. The van der Waals surface area contributed by atoms with E-state index in [0.29, 0.717) is 35.6 Å². The molecule has 2 unspecified atom stereocenters. The van der Waals surface area contributed by atoms with E-state index in [0.717, 1.165) is 23.1 Å². The number of rotatable bonds is 12. The molecule has 0 bridgehead atoms. The minimum Gasteiger partial charge on any atom is -0.493 e. The molecule has 4 N–H and O–H groups in total. The van der Waals surface area contributed by atoms with Crippen molar-refractivity contribution in [1.29, 1.82) is 0 Å². The van der Waals surface area contributed by atoms with Crippen molar-refractivity contribution >= 4 is 29.5 Å². The molecular weight excluding hydrogens is 538 g/mol. The minimum atomic E-state index is -0.782. The number of carbonyl (C=O) groups is 3. The van der Waals surface area contributed by atoms with Gasteiger partial charge in [0.05, 0.1) is 26.5 Å². The van der Waals surface area contributed by atoms with Crippen molar-refractivity contribution in [2.24, 2.45) is 23.3 Å². The first kappa shape index (κ1) is 32.4. The van der Waals surface area contributed by atoms with Crippen LogP contribution in [0.15, 0.2) is 43.0 Å². The summed E-state index contributed by atoms with van der Waals surface area (Å²) in [7, 11) is 2.97. The highest BCUT2D eigenvalue weighted by atomic mass is 16.6. The molecule has 2 aromatic carbocycles. The fraction of sp³-hybridized carbons (Fsp3) is 0.406. The normalized spacial score (nSPS) is 15.4. The lowest BCUT2D eigenvalue weighted by Gasteiger charge is -2.34. The third-order valence-electron chi connectivity index (χ3n) is 7.24. The monoisotopic (exact) mass is 579 g/mol. The number of carbonyl (C=O) groups excluding carboxylic acids is 3. The Morgan fingerprint density at radius 2 is 1.48 bits per heavy atom. The standard InChI is InChI=1S/C32H41N3O7/c1-8-22(20-9-10-24(25(15-20)39-6)41-31(37)28(33)18(2)3)30-23-17-26(40-7)27(42-32(38)29(34)19(4)5)16-21(23)11-12-35(30)13-14-36/h8-10,14-19,28-29H,1,11-13,33-34H2,2-7H3/b30-22+. The first-order valence-corrected chi connectivity index (χ1v) is 13.9. The molecule has 0 saturated heterocycles. The second-order valence-corrected chi connectivity index (χ2v) is 10.7. The van der Waals surface area contributed by atoms with Gasteiger partial charge in [-0.15, -0.1) is 0 Å². The Morgan fingerprint density at radius 1 is 0.905 bits per heavy atom. The van der Waals surface area contributed by atoms with Gasteiger partial charge in [0.15, 0.2) is 23.0 Å². The van der Waals surface area contributed by atoms with Crippen LogP contribution >= 0.6 is 0 Å². The molecular formula is C32H41N3O7. The van der Waals surface area contributed by atoms with Crippen LogP contribution in [-0.4, -0.2) is 62.5 Å². The van der Waals surface area contributed by atoms with Crippen LogP contribution in [0.1, 0.15) is 44.4 Å². The van der Waals surface area contributed by atoms with E-state index in [9.17, 15) is 14.4 Å². The summed E-state index contributed by atoms with van der Waals surface area (Å²) in [6.45, 7) is 12.1. The Kier molecular flexibility index (Phi) is 10.9. The highest BCUT2D eigenvalue weighted by molar-refractivity contribution is 5.97. The van der Waals surface area contributed by atoms with Gasteiger partial charge in [-0.2, -0.15) is 0 Å². The number of methoxy groups -OCH3 is 2. The van der Waals surface area contributed by atoms with E-state index in [-0.39, 0.29) is 29.9 Å². The van der Waals surface area contributed by atoms with Crippen molar-refractivity contribution in [3.63, 3.8) is 0 Å². The molecule has 2 aromatic rings. The summed E-state index contributed by atoms with van der Waals surface area (Å²) >= 11 is 0. The quantitative estimate of drug-likeness (QED) is 0.217. The van der Waals surface area contributed by atoms with Crippen LogP contribution in [0.4, 0.5) is 0 Å². The molecule has 42 heavy (non-hydrogen) atoms. The minimum absolute atomic E-state index is 0.0944. The average molecular weight is 580 g/mol. The van der Waals surface area contributed by atoms with Gasteiger partial charge in [-0.25, -0.2) is 9.59 Å². The molecule has 0 radical (unpaired) electrons. The number of benzene rings is 2. The van der Waals surface area contributed by atoms with Gasteiger partial charge < -0.3 is 40.1 Å². The molecule has 1 aliphatic heterocycles. The fourth-order valence-corrected chi connectivity index (χ4v) is 4.56. The predicted molar refractivity (Wildman–Crippen MR) is 161 cm³/mol. The first-order valence-electron chi connectivity index (χ1n) is 13.9. The zero-order chi connectivity index (χ0) is 31.1. The molecule has 10 heteroatoms. The van der Waals surface area contributed by atoms with Crippen LogP contribution in [-0.2, 0) is 20.8 Å². The van der Waals surface area contributed by atoms with Crippen molar-refractivity contribution in [3.8, 4) is 23.0 Å². The van der Waals surface area contributed by atoms with Crippen molar-refractivity contribution in [2.75, 3.05) is 27.3 Å². The molecule has 0 spiro atoms. The lowest BCUT2D eigenvalue weighted by molar-refractivity contribution is -0.137. The summed E-state index contributed by atoms with van der Waals surface area (Å²) in [4.78, 5) is 38.8. The summed E-state index contributed by atoms with van der Waals surface area (Å²) in [6.07, 6.45) is 3.13. The lowest BCUT2D eigenvalue weighted by atomic mass is 9.90. The molecule has 10 nitrogen and oxygen atoms in total. The molecule has 0 amide bonds. The largest absolute Gasteiger partial charge is 0.493 e. The number of hydrogen-bond donors (Lipinski definition) is 2. The van der Waals surface area contributed by atoms with Gasteiger partial charge in [0.2, 0.25) is 0 Å². The maximum absolute atomic E-state index is 12.6. The van der Waals surface area contributed by atoms with Gasteiger partial charge in [0.1, 0.15) is 18.4 Å². The van der Waals surface area contributed by atoms with Crippen LogP contribution in [0.5, 0.6) is 23.0 Å². The Labute approximate surface area is 247 Å². The molecule has 0 aliphatic carbocycles. The number of nitrogens with two attached hydrogens (primary N) is 2. The van der Waals surface area contributed by atoms with Crippen molar-refractivity contribution in [3.05, 3.63) is 59.7 Å². The summed E-state index contributed by atoms with van der Waals surface area (Å²) in [6, 6.07) is 7.16.